The number of benzene rings is 2. The van der Waals surface area contributed by atoms with Gasteiger partial charge in [0.2, 0.25) is 0 Å². The van der Waals surface area contributed by atoms with E-state index >= 15 is 0 Å². The molecule has 2 aromatic rings. The van der Waals surface area contributed by atoms with E-state index in [0.29, 0.717) is 6.54 Å². The number of piperidine rings is 1. The van der Waals surface area contributed by atoms with Crippen molar-refractivity contribution in [1.82, 2.24) is 10.2 Å². The van der Waals surface area contributed by atoms with Crippen molar-refractivity contribution in [2.75, 3.05) is 19.6 Å². The highest BCUT2D eigenvalue weighted by atomic mass is 16.1. The Morgan fingerprint density at radius 3 is 2.40 bits per heavy atom. The molecular formula is C22H28N2O. The first-order valence-corrected chi connectivity index (χ1v) is 9.29. The monoisotopic (exact) mass is 336 g/mol. The average Bonchev–Trinajstić information content (AvgIpc) is 2.64. The highest BCUT2D eigenvalue weighted by Gasteiger charge is 2.23. The van der Waals surface area contributed by atoms with E-state index in [1.165, 1.54) is 30.4 Å². The number of nitrogens with one attached hydrogen (secondary N) is 1. The molecule has 0 aromatic heterocycles. The third kappa shape index (κ3) is 4.70. The molecule has 2 aromatic carbocycles. The summed E-state index contributed by atoms with van der Waals surface area (Å²) in [6.45, 7) is 6.99. The van der Waals surface area contributed by atoms with Gasteiger partial charge in [0.25, 0.3) is 5.91 Å². The Hall–Kier alpha value is -2.13. The summed E-state index contributed by atoms with van der Waals surface area (Å²) < 4.78 is 0. The van der Waals surface area contributed by atoms with Gasteiger partial charge in [0.05, 0.1) is 6.04 Å². The Morgan fingerprint density at radius 1 is 1.00 bits per heavy atom. The molecule has 3 rings (SSSR count). The third-order valence-corrected chi connectivity index (χ3v) is 5.03. The number of rotatable bonds is 5. The van der Waals surface area contributed by atoms with Gasteiger partial charge in [-0.3, -0.25) is 9.69 Å². The Kier molecular flexibility index (Phi) is 5.87. The molecule has 1 heterocycles. The lowest BCUT2D eigenvalue weighted by Gasteiger charge is -2.35. The van der Waals surface area contributed by atoms with E-state index < -0.39 is 0 Å². The number of carbonyl (C=O) groups excluding carboxylic acids is 1. The first kappa shape index (κ1) is 17.7. The molecule has 0 aliphatic carbocycles. The van der Waals surface area contributed by atoms with Crippen molar-refractivity contribution < 1.29 is 4.79 Å². The van der Waals surface area contributed by atoms with E-state index in [1.807, 2.05) is 31.2 Å². The van der Waals surface area contributed by atoms with Crippen LogP contribution in [0.15, 0.2) is 48.5 Å². The number of carbonyl (C=O) groups is 1. The Labute approximate surface area is 151 Å². The van der Waals surface area contributed by atoms with Gasteiger partial charge >= 0.3 is 0 Å². The van der Waals surface area contributed by atoms with Crippen molar-refractivity contribution in [3.05, 3.63) is 70.8 Å². The molecule has 1 N–H and O–H groups in total. The van der Waals surface area contributed by atoms with Gasteiger partial charge in [0.1, 0.15) is 0 Å². The second kappa shape index (κ2) is 8.30. The van der Waals surface area contributed by atoms with E-state index in [4.69, 9.17) is 0 Å². The van der Waals surface area contributed by atoms with E-state index in [1.54, 1.807) is 0 Å². The van der Waals surface area contributed by atoms with Gasteiger partial charge in [-0.2, -0.15) is 0 Å². The number of hydrogen-bond donors (Lipinski definition) is 1. The second-order valence-electron chi connectivity index (χ2n) is 7.10. The zero-order valence-electron chi connectivity index (χ0n) is 15.3. The lowest BCUT2D eigenvalue weighted by atomic mass is 10.0. The van der Waals surface area contributed by atoms with Crippen LogP contribution in [0.2, 0.25) is 0 Å². The number of nitrogens with zero attached hydrogens (tertiary/aromatic N) is 1. The van der Waals surface area contributed by atoms with E-state index in [-0.39, 0.29) is 11.9 Å². The Morgan fingerprint density at radius 2 is 1.72 bits per heavy atom. The molecule has 25 heavy (non-hydrogen) atoms. The summed E-state index contributed by atoms with van der Waals surface area (Å²) in [7, 11) is 0. The minimum absolute atomic E-state index is 0.0119. The minimum Gasteiger partial charge on any atom is -0.350 e. The first-order chi connectivity index (χ1) is 12.1. The number of aryl methyl sites for hydroxylation is 2. The van der Waals surface area contributed by atoms with Crippen molar-refractivity contribution in [2.45, 2.75) is 39.2 Å². The molecule has 0 bridgehead atoms. The van der Waals surface area contributed by atoms with E-state index in [2.05, 4.69) is 41.4 Å². The van der Waals surface area contributed by atoms with Crippen molar-refractivity contribution >= 4 is 5.91 Å². The number of hydrogen-bond acceptors (Lipinski definition) is 2. The van der Waals surface area contributed by atoms with Crippen LogP contribution in [-0.2, 0) is 0 Å². The van der Waals surface area contributed by atoms with Crippen molar-refractivity contribution in [1.29, 1.82) is 0 Å². The quantitative estimate of drug-likeness (QED) is 0.885. The highest BCUT2D eigenvalue weighted by molar-refractivity contribution is 5.94. The van der Waals surface area contributed by atoms with Crippen molar-refractivity contribution in [3.63, 3.8) is 0 Å². The molecule has 1 amide bonds. The SMILES string of the molecule is Cc1ccc(C(CNC(=O)c2cccc(C)c2)N2CCCCC2)cc1. The van der Waals surface area contributed by atoms with E-state index in [0.717, 1.165) is 24.2 Å². The largest absolute Gasteiger partial charge is 0.350 e. The van der Waals surface area contributed by atoms with Crippen LogP contribution in [0.1, 0.15) is 52.4 Å². The summed E-state index contributed by atoms with van der Waals surface area (Å²) >= 11 is 0. The Bertz CT molecular complexity index is 702. The van der Waals surface area contributed by atoms with Gasteiger partial charge in [0.15, 0.2) is 0 Å². The summed E-state index contributed by atoms with van der Waals surface area (Å²) in [5, 5.41) is 3.16. The second-order valence-corrected chi connectivity index (χ2v) is 7.10. The maximum Gasteiger partial charge on any atom is 0.251 e. The normalized spacial score (nSPS) is 16.4. The predicted octanol–water partition coefficient (Wildman–Crippen LogP) is 4.26. The van der Waals surface area contributed by atoms with Gasteiger partial charge in [-0.25, -0.2) is 0 Å². The van der Waals surface area contributed by atoms with Crippen LogP contribution in [-0.4, -0.2) is 30.4 Å². The summed E-state index contributed by atoms with van der Waals surface area (Å²) in [5.74, 6) is 0.0119. The fraction of sp³-hybridized carbons (Fsp3) is 0.409. The zero-order valence-corrected chi connectivity index (χ0v) is 15.3. The van der Waals surface area contributed by atoms with Crippen LogP contribution < -0.4 is 5.32 Å². The van der Waals surface area contributed by atoms with Gasteiger partial charge in [-0.1, -0.05) is 53.9 Å². The third-order valence-electron chi connectivity index (χ3n) is 5.03. The first-order valence-electron chi connectivity index (χ1n) is 9.29. The zero-order chi connectivity index (χ0) is 17.6. The van der Waals surface area contributed by atoms with Gasteiger partial charge < -0.3 is 5.32 Å². The summed E-state index contributed by atoms with van der Waals surface area (Å²) in [6, 6.07) is 16.7. The molecule has 1 aliphatic heterocycles. The van der Waals surface area contributed by atoms with Gasteiger partial charge in [-0.15, -0.1) is 0 Å². The van der Waals surface area contributed by atoms with Crippen LogP contribution in [0, 0.1) is 13.8 Å². The average molecular weight is 336 g/mol. The minimum atomic E-state index is 0.0119. The van der Waals surface area contributed by atoms with Crippen LogP contribution in [0.3, 0.4) is 0 Å². The maximum atomic E-state index is 12.5. The lowest BCUT2D eigenvalue weighted by molar-refractivity contribution is 0.0924. The molecular weight excluding hydrogens is 308 g/mol. The smallest absolute Gasteiger partial charge is 0.251 e. The molecule has 3 nitrogen and oxygen atoms in total. The molecule has 0 radical (unpaired) electrons. The molecule has 1 atom stereocenters. The Balaban J connectivity index is 1.73. The van der Waals surface area contributed by atoms with Crippen LogP contribution in [0.25, 0.3) is 0 Å². The fourth-order valence-corrected chi connectivity index (χ4v) is 3.55. The summed E-state index contributed by atoms with van der Waals surface area (Å²) in [4.78, 5) is 15.1. The van der Waals surface area contributed by atoms with Crippen LogP contribution in [0.5, 0.6) is 0 Å². The van der Waals surface area contributed by atoms with Crippen molar-refractivity contribution in [2.24, 2.45) is 0 Å². The van der Waals surface area contributed by atoms with E-state index in [9.17, 15) is 4.79 Å². The number of amides is 1. The molecule has 1 saturated heterocycles. The molecule has 1 fully saturated rings. The maximum absolute atomic E-state index is 12.5. The molecule has 1 unspecified atom stereocenters. The summed E-state index contributed by atoms with van der Waals surface area (Å²) in [5.41, 5.74) is 4.40. The highest BCUT2D eigenvalue weighted by Crippen LogP contribution is 2.24. The molecule has 0 saturated carbocycles. The molecule has 132 valence electrons. The van der Waals surface area contributed by atoms with Crippen LogP contribution >= 0.6 is 0 Å². The number of likely N-dealkylation sites (tertiary alicyclic amines) is 1. The molecule has 1 aliphatic rings. The predicted molar refractivity (Wildman–Crippen MR) is 103 cm³/mol. The van der Waals surface area contributed by atoms with Crippen molar-refractivity contribution in [3.8, 4) is 0 Å². The van der Waals surface area contributed by atoms with Gasteiger partial charge in [0, 0.05) is 12.1 Å². The topological polar surface area (TPSA) is 32.3 Å². The molecule has 3 heteroatoms. The molecule has 0 spiro atoms. The fourth-order valence-electron chi connectivity index (χ4n) is 3.55. The van der Waals surface area contributed by atoms with Crippen LogP contribution in [0.4, 0.5) is 0 Å². The lowest BCUT2D eigenvalue weighted by Crippen LogP contribution is -2.40. The standard InChI is InChI=1S/C22H28N2O/c1-17-9-11-19(12-10-17)21(24-13-4-3-5-14-24)16-23-22(25)20-8-6-7-18(2)15-20/h6-12,15,21H,3-5,13-14,16H2,1-2H3,(H,23,25). The van der Waals surface area contributed by atoms with Gasteiger partial charge in [-0.05, 0) is 57.5 Å². The summed E-state index contributed by atoms with van der Waals surface area (Å²) in [6.07, 6.45) is 3.80.